The summed E-state index contributed by atoms with van der Waals surface area (Å²) in [5.74, 6) is 0.0353. The van der Waals surface area contributed by atoms with Gasteiger partial charge in [0.1, 0.15) is 0 Å². The van der Waals surface area contributed by atoms with E-state index in [9.17, 15) is 4.79 Å². The van der Waals surface area contributed by atoms with E-state index >= 15 is 0 Å². The molecular weight excluding hydrogens is 382 g/mol. The molecule has 1 heterocycles. The van der Waals surface area contributed by atoms with Gasteiger partial charge in [0.25, 0.3) is 0 Å². The van der Waals surface area contributed by atoms with Gasteiger partial charge in [0, 0.05) is 37.2 Å². The van der Waals surface area contributed by atoms with Crippen molar-refractivity contribution in [1.29, 1.82) is 0 Å². The van der Waals surface area contributed by atoms with Crippen molar-refractivity contribution in [3.05, 3.63) is 68.2 Å². The number of carbonyl (C=O) groups excluding carboxylic acids is 1. The molecule has 3 rings (SSSR count). The molecule has 0 aliphatic carbocycles. The van der Waals surface area contributed by atoms with E-state index in [4.69, 9.17) is 0 Å². The molecule has 0 radical (unpaired) electrons. The van der Waals surface area contributed by atoms with Gasteiger partial charge in [0.15, 0.2) is 5.78 Å². The number of ketones is 1. The van der Waals surface area contributed by atoms with Gasteiger partial charge in [-0.15, -0.1) is 0 Å². The fourth-order valence-electron chi connectivity index (χ4n) is 2.28. The number of nitrogens with one attached hydrogen (secondary N) is 1. The highest BCUT2D eigenvalue weighted by Crippen LogP contribution is 2.27. The molecule has 20 heavy (non-hydrogen) atoms. The largest absolute Gasteiger partial charge is 0.360 e. The van der Waals surface area contributed by atoms with Crippen molar-refractivity contribution in [2.24, 2.45) is 0 Å². The standard InChI is InChI=1S/C16H11Br2NO/c1-9-11(3-2-4-14(9)18)16(20)13-8-19-15-6-5-10(17)7-12(13)15/h2-8,19H,1H3. The normalized spacial score (nSPS) is 10.9. The second kappa shape index (κ2) is 5.19. The van der Waals surface area contributed by atoms with Crippen molar-refractivity contribution in [2.75, 3.05) is 0 Å². The number of rotatable bonds is 2. The van der Waals surface area contributed by atoms with E-state index in [1.54, 1.807) is 6.20 Å². The summed E-state index contributed by atoms with van der Waals surface area (Å²) in [6.45, 7) is 1.95. The smallest absolute Gasteiger partial charge is 0.195 e. The summed E-state index contributed by atoms with van der Waals surface area (Å²) in [4.78, 5) is 15.9. The minimum absolute atomic E-state index is 0.0353. The highest BCUT2D eigenvalue weighted by Gasteiger charge is 2.17. The van der Waals surface area contributed by atoms with Crippen LogP contribution in [0, 0.1) is 6.92 Å². The van der Waals surface area contributed by atoms with Crippen LogP contribution in [0.3, 0.4) is 0 Å². The summed E-state index contributed by atoms with van der Waals surface area (Å²) < 4.78 is 1.91. The van der Waals surface area contributed by atoms with Crippen LogP contribution in [0.25, 0.3) is 10.9 Å². The lowest BCUT2D eigenvalue weighted by atomic mass is 9.99. The van der Waals surface area contributed by atoms with Gasteiger partial charge in [0.05, 0.1) is 0 Å². The quantitative estimate of drug-likeness (QED) is 0.595. The first-order chi connectivity index (χ1) is 9.58. The second-order valence-corrected chi connectivity index (χ2v) is 6.40. The molecule has 0 aliphatic rings. The molecular formula is C16H11Br2NO. The van der Waals surface area contributed by atoms with Crippen molar-refractivity contribution >= 4 is 48.5 Å². The second-order valence-electron chi connectivity index (χ2n) is 4.63. The van der Waals surface area contributed by atoms with Crippen LogP contribution in [0.1, 0.15) is 21.5 Å². The Morgan fingerprint density at radius 3 is 2.70 bits per heavy atom. The van der Waals surface area contributed by atoms with Crippen LogP contribution < -0.4 is 0 Å². The highest BCUT2D eigenvalue weighted by molar-refractivity contribution is 9.10. The maximum atomic E-state index is 12.7. The molecule has 2 nitrogen and oxygen atoms in total. The number of carbonyl (C=O) groups is 1. The first kappa shape index (κ1) is 13.6. The summed E-state index contributed by atoms with van der Waals surface area (Å²) in [5, 5.41) is 0.934. The Labute approximate surface area is 133 Å². The number of hydrogen-bond donors (Lipinski definition) is 1. The molecule has 0 saturated heterocycles. The molecule has 2 aromatic carbocycles. The van der Waals surface area contributed by atoms with E-state index in [1.807, 2.05) is 43.3 Å². The molecule has 0 unspecified atom stereocenters. The number of benzene rings is 2. The van der Waals surface area contributed by atoms with Gasteiger partial charge in [-0.3, -0.25) is 4.79 Å². The number of fused-ring (bicyclic) bond motifs is 1. The summed E-state index contributed by atoms with van der Waals surface area (Å²) in [7, 11) is 0. The van der Waals surface area contributed by atoms with E-state index < -0.39 is 0 Å². The van der Waals surface area contributed by atoms with E-state index in [-0.39, 0.29) is 5.78 Å². The summed E-state index contributed by atoms with van der Waals surface area (Å²) in [6, 6.07) is 11.6. The molecule has 0 bridgehead atoms. The molecule has 0 amide bonds. The van der Waals surface area contributed by atoms with Gasteiger partial charge in [0.2, 0.25) is 0 Å². The van der Waals surface area contributed by atoms with Gasteiger partial charge < -0.3 is 4.98 Å². The predicted molar refractivity (Wildman–Crippen MR) is 88.3 cm³/mol. The van der Waals surface area contributed by atoms with Gasteiger partial charge in [-0.2, -0.15) is 0 Å². The van der Waals surface area contributed by atoms with Crippen molar-refractivity contribution in [2.45, 2.75) is 6.92 Å². The van der Waals surface area contributed by atoms with Crippen LogP contribution in [-0.4, -0.2) is 10.8 Å². The lowest BCUT2D eigenvalue weighted by Crippen LogP contribution is -2.03. The first-order valence-electron chi connectivity index (χ1n) is 6.14. The number of hydrogen-bond acceptors (Lipinski definition) is 1. The number of aromatic amines is 1. The molecule has 0 fully saturated rings. The van der Waals surface area contributed by atoms with Crippen molar-refractivity contribution < 1.29 is 4.79 Å². The zero-order valence-electron chi connectivity index (χ0n) is 10.7. The summed E-state index contributed by atoms with van der Waals surface area (Å²) in [6.07, 6.45) is 1.78. The molecule has 0 spiro atoms. The van der Waals surface area contributed by atoms with Crippen molar-refractivity contribution in [1.82, 2.24) is 4.98 Å². The third kappa shape index (κ3) is 2.23. The van der Waals surface area contributed by atoms with Crippen LogP contribution in [0.4, 0.5) is 0 Å². The third-order valence-electron chi connectivity index (χ3n) is 3.40. The molecule has 3 aromatic rings. The van der Waals surface area contributed by atoms with Crippen LogP contribution in [0.5, 0.6) is 0 Å². The molecule has 1 aromatic heterocycles. The topological polar surface area (TPSA) is 32.9 Å². The van der Waals surface area contributed by atoms with Crippen LogP contribution in [-0.2, 0) is 0 Å². The lowest BCUT2D eigenvalue weighted by Gasteiger charge is -2.06. The Bertz CT molecular complexity index is 820. The molecule has 100 valence electrons. The Balaban J connectivity index is 2.18. The number of H-pyrrole nitrogens is 1. The SMILES string of the molecule is Cc1c(Br)cccc1C(=O)c1c[nH]c2ccc(Br)cc12. The Hall–Kier alpha value is -1.39. The summed E-state index contributed by atoms with van der Waals surface area (Å²) >= 11 is 6.92. The maximum absolute atomic E-state index is 12.7. The Kier molecular flexibility index (Phi) is 3.52. The van der Waals surface area contributed by atoms with Crippen molar-refractivity contribution in [3.63, 3.8) is 0 Å². The van der Waals surface area contributed by atoms with E-state index in [2.05, 4.69) is 36.8 Å². The molecule has 0 saturated carbocycles. The monoisotopic (exact) mass is 391 g/mol. The van der Waals surface area contributed by atoms with Gasteiger partial charge in [-0.05, 0) is 36.8 Å². The number of aromatic nitrogens is 1. The van der Waals surface area contributed by atoms with E-state index in [1.165, 1.54) is 0 Å². The van der Waals surface area contributed by atoms with Gasteiger partial charge in [-0.25, -0.2) is 0 Å². The maximum Gasteiger partial charge on any atom is 0.195 e. The average molecular weight is 393 g/mol. The fourth-order valence-corrected chi connectivity index (χ4v) is 3.01. The fraction of sp³-hybridized carbons (Fsp3) is 0.0625. The Morgan fingerprint density at radius 2 is 1.90 bits per heavy atom. The minimum Gasteiger partial charge on any atom is -0.360 e. The average Bonchev–Trinajstić information content (AvgIpc) is 2.84. The highest BCUT2D eigenvalue weighted by atomic mass is 79.9. The van der Waals surface area contributed by atoms with Crippen LogP contribution >= 0.6 is 31.9 Å². The summed E-state index contributed by atoms with van der Waals surface area (Å²) in [5.41, 5.74) is 3.34. The first-order valence-corrected chi connectivity index (χ1v) is 7.73. The van der Waals surface area contributed by atoms with E-state index in [0.717, 1.165) is 31.0 Å². The molecule has 1 N–H and O–H groups in total. The molecule has 0 aliphatic heterocycles. The Morgan fingerprint density at radius 1 is 1.10 bits per heavy atom. The van der Waals surface area contributed by atoms with Crippen molar-refractivity contribution in [3.8, 4) is 0 Å². The molecule has 4 heteroatoms. The van der Waals surface area contributed by atoms with Crippen LogP contribution in [0.15, 0.2) is 51.5 Å². The minimum atomic E-state index is 0.0353. The lowest BCUT2D eigenvalue weighted by molar-refractivity contribution is 0.103. The van der Waals surface area contributed by atoms with Crippen LogP contribution in [0.2, 0.25) is 0 Å². The van der Waals surface area contributed by atoms with Gasteiger partial charge >= 0.3 is 0 Å². The third-order valence-corrected chi connectivity index (χ3v) is 4.75. The molecule has 0 atom stereocenters. The zero-order valence-corrected chi connectivity index (χ0v) is 13.9. The predicted octanol–water partition coefficient (Wildman–Crippen LogP) is 5.23. The zero-order chi connectivity index (χ0) is 14.3. The van der Waals surface area contributed by atoms with E-state index in [0.29, 0.717) is 5.56 Å². The van der Waals surface area contributed by atoms with Gasteiger partial charge in [-0.1, -0.05) is 44.0 Å². The number of halogens is 2.